The van der Waals surface area contributed by atoms with Gasteiger partial charge in [0.2, 0.25) is 0 Å². The molecular formula is C23H24N2O4. The third kappa shape index (κ3) is 3.89. The van der Waals surface area contributed by atoms with Crippen LogP contribution in [0.2, 0.25) is 0 Å². The van der Waals surface area contributed by atoms with Crippen molar-refractivity contribution in [1.29, 1.82) is 0 Å². The SMILES string of the molecule is CCOc1ccc2ncc(C(=O)c3ccc(OC)cc3)c(N3CCOCC3)c2c1. The van der Waals surface area contributed by atoms with Crippen LogP contribution in [0, 0.1) is 0 Å². The van der Waals surface area contributed by atoms with E-state index in [1.54, 1.807) is 37.6 Å². The highest BCUT2D eigenvalue weighted by Crippen LogP contribution is 2.34. The Labute approximate surface area is 170 Å². The van der Waals surface area contributed by atoms with Crippen LogP contribution in [0.3, 0.4) is 0 Å². The van der Waals surface area contributed by atoms with Crippen LogP contribution >= 0.6 is 0 Å². The summed E-state index contributed by atoms with van der Waals surface area (Å²) in [6.07, 6.45) is 1.68. The second-order valence-corrected chi connectivity index (χ2v) is 6.79. The standard InChI is InChI=1S/C23H24N2O4/c1-3-29-18-8-9-21-19(14-18)22(25-10-12-28-13-11-25)20(15-24-21)23(26)16-4-6-17(27-2)7-5-16/h4-9,14-15H,3,10-13H2,1-2H3. The van der Waals surface area contributed by atoms with Crippen molar-refractivity contribution in [3.8, 4) is 11.5 Å². The molecule has 0 atom stereocenters. The lowest BCUT2D eigenvalue weighted by Gasteiger charge is -2.31. The van der Waals surface area contributed by atoms with Gasteiger partial charge in [-0.05, 0) is 49.4 Å². The summed E-state index contributed by atoms with van der Waals surface area (Å²) in [6, 6.07) is 13.0. The molecule has 1 aliphatic heterocycles. The fourth-order valence-corrected chi connectivity index (χ4v) is 3.61. The number of methoxy groups -OCH3 is 1. The molecule has 0 N–H and O–H groups in total. The van der Waals surface area contributed by atoms with E-state index in [4.69, 9.17) is 14.2 Å². The zero-order valence-corrected chi connectivity index (χ0v) is 16.7. The molecule has 0 bridgehead atoms. The maximum Gasteiger partial charge on any atom is 0.196 e. The number of ketones is 1. The van der Waals surface area contributed by atoms with Crippen molar-refractivity contribution in [3.63, 3.8) is 0 Å². The number of nitrogens with zero attached hydrogens (tertiary/aromatic N) is 2. The van der Waals surface area contributed by atoms with E-state index in [0.29, 0.717) is 36.7 Å². The Morgan fingerprint density at radius 1 is 1.10 bits per heavy atom. The Hall–Kier alpha value is -3.12. The Morgan fingerprint density at radius 3 is 2.52 bits per heavy atom. The van der Waals surface area contributed by atoms with E-state index in [9.17, 15) is 4.79 Å². The molecule has 0 unspecified atom stereocenters. The molecule has 2 heterocycles. The molecule has 0 radical (unpaired) electrons. The first-order valence-corrected chi connectivity index (χ1v) is 9.78. The molecule has 150 valence electrons. The zero-order valence-electron chi connectivity index (χ0n) is 16.7. The third-order valence-corrected chi connectivity index (χ3v) is 5.05. The first kappa shape index (κ1) is 19.2. The second-order valence-electron chi connectivity index (χ2n) is 6.79. The van der Waals surface area contributed by atoms with Crippen molar-refractivity contribution in [2.45, 2.75) is 6.92 Å². The summed E-state index contributed by atoms with van der Waals surface area (Å²) in [5.41, 5.74) is 2.91. The van der Waals surface area contributed by atoms with Gasteiger partial charge in [-0.25, -0.2) is 0 Å². The Balaban J connectivity index is 1.85. The molecule has 0 saturated carbocycles. The number of hydrogen-bond acceptors (Lipinski definition) is 6. The monoisotopic (exact) mass is 392 g/mol. The van der Waals surface area contributed by atoms with Gasteiger partial charge in [0.1, 0.15) is 11.5 Å². The predicted octanol–water partition coefficient (Wildman–Crippen LogP) is 3.71. The second kappa shape index (κ2) is 8.49. The summed E-state index contributed by atoms with van der Waals surface area (Å²) < 4.78 is 16.4. The number of carbonyl (C=O) groups is 1. The average molecular weight is 392 g/mol. The lowest BCUT2D eigenvalue weighted by Crippen LogP contribution is -2.37. The summed E-state index contributed by atoms with van der Waals surface area (Å²) >= 11 is 0. The lowest BCUT2D eigenvalue weighted by molar-refractivity contribution is 0.103. The van der Waals surface area contributed by atoms with Crippen molar-refractivity contribution in [2.24, 2.45) is 0 Å². The minimum absolute atomic E-state index is 0.0645. The normalized spacial score (nSPS) is 14.1. The highest BCUT2D eigenvalue weighted by Gasteiger charge is 2.23. The van der Waals surface area contributed by atoms with E-state index in [1.807, 2.05) is 25.1 Å². The average Bonchev–Trinajstić information content (AvgIpc) is 2.78. The van der Waals surface area contributed by atoms with Gasteiger partial charge in [-0.2, -0.15) is 0 Å². The number of ether oxygens (including phenoxy) is 3. The predicted molar refractivity (Wildman–Crippen MR) is 112 cm³/mol. The van der Waals surface area contributed by atoms with Crippen molar-refractivity contribution in [3.05, 3.63) is 59.8 Å². The van der Waals surface area contributed by atoms with Crippen LogP contribution < -0.4 is 14.4 Å². The molecule has 1 aliphatic rings. The number of hydrogen-bond donors (Lipinski definition) is 0. The van der Waals surface area contributed by atoms with Crippen molar-refractivity contribution in [1.82, 2.24) is 4.98 Å². The van der Waals surface area contributed by atoms with E-state index >= 15 is 0 Å². The maximum absolute atomic E-state index is 13.4. The highest BCUT2D eigenvalue weighted by molar-refractivity contribution is 6.16. The number of benzene rings is 2. The Kier molecular flexibility index (Phi) is 5.62. The molecule has 3 aromatic rings. The molecule has 2 aromatic carbocycles. The zero-order chi connectivity index (χ0) is 20.2. The highest BCUT2D eigenvalue weighted by atomic mass is 16.5. The number of pyridine rings is 1. The fraction of sp³-hybridized carbons (Fsp3) is 0.304. The van der Waals surface area contributed by atoms with E-state index in [-0.39, 0.29) is 5.78 Å². The summed E-state index contributed by atoms with van der Waals surface area (Å²) in [5, 5.41) is 0.914. The molecule has 0 aliphatic carbocycles. The number of fused-ring (bicyclic) bond motifs is 1. The lowest BCUT2D eigenvalue weighted by atomic mass is 9.99. The largest absolute Gasteiger partial charge is 0.497 e. The van der Waals surface area contributed by atoms with Gasteiger partial charge in [0.15, 0.2) is 5.78 Å². The number of carbonyl (C=O) groups excluding carboxylic acids is 1. The number of anilines is 1. The van der Waals surface area contributed by atoms with Gasteiger partial charge in [-0.15, -0.1) is 0 Å². The molecule has 0 amide bonds. The summed E-state index contributed by atoms with van der Waals surface area (Å²) in [5.74, 6) is 1.42. The van der Waals surface area contributed by atoms with Crippen LogP contribution in [0.1, 0.15) is 22.8 Å². The topological polar surface area (TPSA) is 60.9 Å². The van der Waals surface area contributed by atoms with Gasteiger partial charge in [-0.3, -0.25) is 9.78 Å². The van der Waals surface area contributed by atoms with Gasteiger partial charge in [-0.1, -0.05) is 0 Å². The molecule has 6 nitrogen and oxygen atoms in total. The molecule has 1 saturated heterocycles. The number of morpholine rings is 1. The van der Waals surface area contributed by atoms with Crippen LogP contribution in [0.5, 0.6) is 11.5 Å². The Bertz CT molecular complexity index is 1010. The molecule has 1 aromatic heterocycles. The Morgan fingerprint density at radius 2 is 1.83 bits per heavy atom. The molecule has 29 heavy (non-hydrogen) atoms. The minimum Gasteiger partial charge on any atom is -0.497 e. The summed E-state index contributed by atoms with van der Waals surface area (Å²) in [7, 11) is 1.61. The van der Waals surface area contributed by atoms with Crippen molar-refractivity contribution >= 4 is 22.4 Å². The quantitative estimate of drug-likeness (QED) is 0.596. The minimum atomic E-state index is -0.0645. The summed E-state index contributed by atoms with van der Waals surface area (Å²) in [6.45, 7) is 5.24. The van der Waals surface area contributed by atoms with Gasteiger partial charge in [0, 0.05) is 30.2 Å². The van der Waals surface area contributed by atoms with Crippen LogP contribution in [-0.2, 0) is 4.74 Å². The molecule has 4 rings (SSSR count). The summed E-state index contributed by atoms with van der Waals surface area (Å²) in [4.78, 5) is 20.2. The number of aromatic nitrogens is 1. The van der Waals surface area contributed by atoms with Crippen molar-refractivity contribution in [2.75, 3.05) is 44.9 Å². The van der Waals surface area contributed by atoms with Crippen LogP contribution in [-0.4, -0.2) is 50.8 Å². The van der Waals surface area contributed by atoms with E-state index < -0.39 is 0 Å². The van der Waals surface area contributed by atoms with Crippen LogP contribution in [0.25, 0.3) is 10.9 Å². The van der Waals surface area contributed by atoms with Crippen molar-refractivity contribution < 1.29 is 19.0 Å². The molecule has 6 heteroatoms. The maximum atomic E-state index is 13.4. The molecular weight excluding hydrogens is 368 g/mol. The van der Waals surface area contributed by atoms with E-state index in [0.717, 1.165) is 35.4 Å². The molecule has 1 fully saturated rings. The first-order chi connectivity index (χ1) is 14.2. The van der Waals surface area contributed by atoms with Crippen LogP contribution in [0.15, 0.2) is 48.7 Å². The van der Waals surface area contributed by atoms with E-state index in [1.165, 1.54) is 0 Å². The molecule has 0 spiro atoms. The number of rotatable bonds is 6. The third-order valence-electron chi connectivity index (χ3n) is 5.05. The van der Waals surface area contributed by atoms with Crippen LogP contribution in [0.4, 0.5) is 5.69 Å². The van der Waals surface area contributed by atoms with Gasteiger partial charge < -0.3 is 19.1 Å². The first-order valence-electron chi connectivity index (χ1n) is 9.78. The van der Waals surface area contributed by atoms with Gasteiger partial charge >= 0.3 is 0 Å². The van der Waals surface area contributed by atoms with Gasteiger partial charge in [0.05, 0.1) is 43.7 Å². The van der Waals surface area contributed by atoms with E-state index in [2.05, 4.69) is 9.88 Å². The fourth-order valence-electron chi connectivity index (χ4n) is 3.61. The smallest absolute Gasteiger partial charge is 0.196 e. The van der Waals surface area contributed by atoms with Gasteiger partial charge in [0.25, 0.3) is 0 Å².